The molecule has 0 aromatic rings. The van der Waals surface area contributed by atoms with E-state index in [1.807, 2.05) is 34.6 Å². The minimum absolute atomic E-state index is 0.0261. The highest BCUT2D eigenvalue weighted by molar-refractivity contribution is 5.70. The lowest BCUT2D eigenvalue weighted by molar-refractivity contribution is -0.0633. The van der Waals surface area contributed by atoms with Gasteiger partial charge in [0.2, 0.25) is 0 Å². The third-order valence-electron chi connectivity index (χ3n) is 3.93. The molecule has 112 valence electrons. The fourth-order valence-electron chi connectivity index (χ4n) is 2.91. The molecule has 2 fully saturated rings. The molecule has 0 aromatic heterocycles. The molecule has 2 unspecified atom stereocenters. The lowest BCUT2D eigenvalue weighted by Crippen LogP contribution is -2.50. The first kappa shape index (κ1) is 15.1. The number of rotatable bonds is 2. The number of nitriles is 1. The molecule has 0 spiro atoms. The zero-order valence-electron chi connectivity index (χ0n) is 13.0. The number of carbonyl (C=O) groups is 1. The largest absolute Gasteiger partial charge is 0.444 e. The smallest absolute Gasteiger partial charge is 0.412 e. The highest BCUT2D eigenvalue weighted by Gasteiger charge is 2.54. The first-order chi connectivity index (χ1) is 9.15. The average molecular weight is 280 g/mol. The molecule has 1 aliphatic carbocycles. The summed E-state index contributed by atoms with van der Waals surface area (Å²) in [5, 5.41) is 8.78. The maximum atomic E-state index is 12.4. The van der Waals surface area contributed by atoms with Crippen molar-refractivity contribution in [3.63, 3.8) is 0 Å². The second-order valence-electron chi connectivity index (χ2n) is 7.20. The Morgan fingerprint density at radius 2 is 2.15 bits per heavy atom. The van der Waals surface area contributed by atoms with Gasteiger partial charge < -0.3 is 9.47 Å². The molecule has 0 bridgehead atoms. The van der Waals surface area contributed by atoms with E-state index in [0.717, 1.165) is 6.42 Å². The minimum atomic E-state index is -0.646. The zero-order chi connectivity index (χ0) is 15.1. The first-order valence-electron chi connectivity index (χ1n) is 7.19. The van der Waals surface area contributed by atoms with Crippen LogP contribution < -0.4 is 0 Å². The third-order valence-corrected chi connectivity index (χ3v) is 3.93. The van der Waals surface area contributed by atoms with Gasteiger partial charge in [-0.15, -0.1) is 0 Å². The van der Waals surface area contributed by atoms with Gasteiger partial charge in [0.25, 0.3) is 0 Å². The Labute approximate surface area is 120 Å². The van der Waals surface area contributed by atoms with Crippen molar-refractivity contribution in [3.8, 4) is 6.07 Å². The Morgan fingerprint density at radius 1 is 1.50 bits per heavy atom. The van der Waals surface area contributed by atoms with Crippen LogP contribution in [0.5, 0.6) is 0 Å². The van der Waals surface area contributed by atoms with Crippen molar-refractivity contribution in [2.75, 3.05) is 6.61 Å². The maximum absolute atomic E-state index is 12.4. The second kappa shape index (κ2) is 4.92. The Hall–Kier alpha value is -1.28. The molecule has 5 nitrogen and oxygen atoms in total. The summed E-state index contributed by atoms with van der Waals surface area (Å²) in [5.41, 5.74) is -1.16. The number of ether oxygens (including phenoxy) is 2. The van der Waals surface area contributed by atoms with Crippen LogP contribution in [-0.4, -0.2) is 35.0 Å². The molecule has 1 amide bonds. The standard InChI is InChI=1S/C15H24N2O3/c1-14(2,3)20-13(18)17-12(9-19-15(17,4)5)11-8-10(11)6-7-16/h10-12H,6,8-9H2,1-5H3/t10?,11?,12-/m1/s1. The van der Waals surface area contributed by atoms with E-state index in [9.17, 15) is 4.79 Å². The van der Waals surface area contributed by atoms with Crippen LogP contribution in [0.1, 0.15) is 47.5 Å². The van der Waals surface area contributed by atoms with Gasteiger partial charge in [-0.05, 0) is 52.9 Å². The van der Waals surface area contributed by atoms with Crippen LogP contribution in [0.3, 0.4) is 0 Å². The van der Waals surface area contributed by atoms with E-state index >= 15 is 0 Å². The monoisotopic (exact) mass is 280 g/mol. The predicted octanol–water partition coefficient (Wildman–Crippen LogP) is 2.91. The summed E-state index contributed by atoms with van der Waals surface area (Å²) in [6, 6.07) is 2.24. The third kappa shape index (κ3) is 3.06. The molecule has 3 atom stereocenters. The number of hydrogen-bond acceptors (Lipinski definition) is 4. The fourth-order valence-corrected chi connectivity index (χ4v) is 2.91. The van der Waals surface area contributed by atoms with Crippen LogP contribution in [-0.2, 0) is 9.47 Å². The molecule has 0 aromatic carbocycles. The van der Waals surface area contributed by atoms with E-state index in [4.69, 9.17) is 14.7 Å². The Bertz CT molecular complexity index is 433. The Kier molecular flexibility index (Phi) is 3.72. The number of nitrogens with zero attached hydrogens (tertiary/aromatic N) is 2. The van der Waals surface area contributed by atoms with Crippen molar-refractivity contribution in [2.45, 2.75) is 64.8 Å². The summed E-state index contributed by atoms with van der Waals surface area (Å²) >= 11 is 0. The molecule has 0 radical (unpaired) electrons. The number of hydrogen-bond donors (Lipinski definition) is 0. The Morgan fingerprint density at radius 3 is 2.70 bits per heavy atom. The van der Waals surface area contributed by atoms with Crippen LogP contribution in [0.15, 0.2) is 0 Å². The molecule has 0 N–H and O–H groups in total. The molecule has 5 heteroatoms. The quantitative estimate of drug-likeness (QED) is 0.780. The van der Waals surface area contributed by atoms with Crippen molar-refractivity contribution < 1.29 is 14.3 Å². The van der Waals surface area contributed by atoms with Gasteiger partial charge in [-0.25, -0.2) is 4.79 Å². The van der Waals surface area contributed by atoms with Gasteiger partial charge in [-0.3, -0.25) is 4.90 Å². The summed E-state index contributed by atoms with van der Waals surface area (Å²) in [7, 11) is 0. The van der Waals surface area contributed by atoms with E-state index in [-0.39, 0.29) is 12.1 Å². The fraction of sp³-hybridized carbons (Fsp3) is 0.867. The molecule has 1 saturated carbocycles. The van der Waals surface area contributed by atoms with Crippen LogP contribution in [0, 0.1) is 23.2 Å². The van der Waals surface area contributed by atoms with E-state index < -0.39 is 11.3 Å². The van der Waals surface area contributed by atoms with Crippen LogP contribution in [0.2, 0.25) is 0 Å². The summed E-state index contributed by atoms with van der Waals surface area (Å²) in [6.07, 6.45) is 1.23. The van der Waals surface area contributed by atoms with E-state index in [0.29, 0.717) is 24.9 Å². The zero-order valence-corrected chi connectivity index (χ0v) is 13.0. The van der Waals surface area contributed by atoms with Crippen molar-refractivity contribution in [3.05, 3.63) is 0 Å². The van der Waals surface area contributed by atoms with Gasteiger partial charge in [-0.2, -0.15) is 5.26 Å². The van der Waals surface area contributed by atoms with Gasteiger partial charge in [0.1, 0.15) is 11.3 Å². The van der Waals surface area contributed by atoms with E-state index in [1.165, 1.54) is 0 Å². The van der Waals surface area contributed by atoms with Crippen LogP contribution in [0.25, 0.3) is 0 Å². The second-order valence-corrected chi connectivity index (χ2v) is 7.20. The topological polar surface area (TPSA) is 62.6 Å². The van der Waals surface area contributed by atoms with Gasteiger partial charge in [0.05, 0.1) is 18.7 Å². The van der Waals surface area contributed by atoms with Gasteiger partial charge in [0, 0.05) is 6.42 Å². The molecule has 2 aliphatic rings. The lowest BCUT2D eigenvalue weighted by atomic mass is 10.1. The molecule has 1 saturated heterocycles. The van der Waals surface area contributed by atoms with Crippen LogP contribution >= 0.6 is 0 Å². The van der Waals surface area contributed by atoms with Gasteiger partial charge in [-0.1, -0.05) is 0 Å². The van der Waals surface area contributed by atoms with E-state index in [2.05, 4.69) is 6.07 Å². The van der Waals surface area contributed by atoms with Crippen molar-refractivity contribution in [1.82, 2.24) is 4.90 Å². The van der Waals surface area contributed by atoms with Crippen molar-refractivity contribution >= 4 is 6.09 Å². The summed E-state index contributed by atoms with van der Waals surface area (Å²) in [4.78, 5) is 14.2. The number of amides is 1. The average Bonchev–Trinajstić information content (AvgIpc) is 2.93. The Balaban J connectivity index is 2.10. The van der Waals surface area contributed by atoms with E-state index in [1.54, 1.807) is 4.90 Å². The highest BCUT2D eigenvalue weighted by Crippen LogP contribution is 2.49. The SMILES string of the molecule is CC(C)(C)OC(=O)N1[C@@H](C2CC2CC#N)COC1(C)C. The van der Waals surface area contributed by atoms with Gasteiger partial charge >= 0.3 is 6.09 Å². The normalized spacial score (nSPS) is 31.8. The molecule has 20 heavy (non-hydrogen) atoms. The summed E-state index contributed by atoms with van der Waals surface area (Å²) in [6.45, 7) is 9.88. The molecule has 2 rings (SSSR count). The van der Waals surface area contributed by atoms with Crippen molar-refractivity contribution in [1.29, 1.82) is 5.26 Å². The van der Waals surface area contributed by atoms with Crippen molar-refractivity contribution in [2.24, 2.45) is 11.8 Å². The molecule has 1 heterocycles. The first-order valence-corrected chi connectivity index (χ1v) is 7.19. The minimum Gasteiger partial charge on any atom is -0.444 e. The molecule has 1 aliphatic heterocycles. The summed E-state index contributed by atoms with van der Waals surface area (Å²) in [5.74, 6) is 0.761. The highest BCUT2D eigenvalue weighted by atomic mass is 16.6. The lowest BCUT2D eigenvalue weighted by Gasteiger charge is -2.35. The predicted molar refractivity (Wildman–Crippen MR) is 73.7 cm³/mol. The van der Waals surface area contributed by atoms with Gasteiger partial charge in [0.15, 0.2) is 0 Å². The van der Waals surface area contributed by atoms with Crippen LogP contribution in [0.4, 0.5) is 4.79 Å². The molecular weight excluding hydrogens is 256 g/mol. The summed E-state index contributed by atoms with van der Waals surface area (Å²) < 4.78 is 11.3. The molecular formula is C15H24N2O3. The number of carbonyl (C=O) groups excluding carboxylic acids is 1. The maximum Gasteiger partial charge on any atom is 0.412 e.